The predicted molar refractivity (Wildman–Crippen MR) is 71.0 cm³/mol. The molecule has 0 saturated heterocycles. The van der Waals surface area contributed by atoms with E-state index < -0.39 is 29.3 Å². The molecule has 0 saturated carbocycles. The van der Waals surface area contributed by atoms with Gasteiger partial charge in [-0.2, -0.15) is 0 Å². The third kappa shape index (κ3) is 3.02. The molecule has 106 valence electrons. The van der Waals surface area contributed by atoms with Gasteiger partial charge in [0.25, 0.3) is 0 Å². The van der Waals surface area contributed by atoms with Gasteiger partial charge in [-0.05, 0) is 46.1 Å². The van der Waals surface area contributed by atoms with Gasteiger partial charge in [0.1, 0.15) is 5.82 Å². The Morgan fingerprint density at radius 2 is 1.60 bits per heavy atom. The minimum Gasteiger partial charge on any atom is -0.324 e. The normalized spacial score (nSPS) is 12.5. The van der Waals surface area contributed by atoms with Crippen molar-refractivity contribution < 1.29 is 17.6 Å². The van der Waals surface area contributed by atoms with Crippen molar-refractivity contribution in [2.24, 2.45) is 5.73 Å². The molecule has 2 aromatic carbocycles. The van der Waals surface area contributed by atoms with Crippen LogP contribution < -0.4 is 5.73 Å². The zero-order chi connectivity index (χ0) is 14.9. The topological polar surface area (TPSA) is 26.0 Å². The van der Waals surface area contributed by atoms with Crippen LogP contribution in [0.1, 0.15) is 17.2 Å². The van der Waals surface area contributed by atoms with Crippen LogP contribution >= 0.6 is 15.9 Å². The molecule has 1 atom stereocenters. The summed E-state index contributed by atoms with van der Waals surface area (Å²) in [5.74, 6) is -4.53. The van der Waals surface area contributed by atoms with Crippen LogP contribution in [0.15, 0.2) is 34.8 Å². The molecule has 0 radical (unpaired) electrons. The Morgan fingerprint density at radius 1 is 0.950 bits per heavy atom. The van der Waals surface area contributed by atoms with Crippen LogP contribution in [0.4, 0.5) is 17.6 Å². The maximum atomic E-state index is 13.6. The maximum absolute atomic E-state index is 13.6. The fourth-order valence-electron chi connectivity index (χ4n) is 1.86. The van der Waals surface area contributed by atoms with Gasteiger partial charge in [0, 0.05) is 11.6 Å². The van der Waals surface area contributed by atoms with Crippen molar-refractivity contribution in [3.8, 4) is 0 Å². The number of nitrogens with two attached hydrogens (primary N) is 1. The number of hydrogen-bond donors (Lipinski definition) is 1. The molecule has 0 aliphatic carbocycles. The van der Waals surface area contributed by atoms with Crippen LogP contribution in [0.3, 0.4) is 0 Å². The summed E-state index contributed by atoms with van der Waals surface area (Å²) in [5.41, 5.74) is 6.32. The molecule has 0 aliphatic rings. The smallest absolute Gasteiger partial charge is 0.194 e. The van der Waals surface area contributed by atoms with Crippen molar-refractivity contribution in [1.29, 1.82) is 0 Å². The van der Waals surface area contributed by atoms with E-state index in [-0.39, 0.29) is 16.5 Å². The van der Waals surface area contributed by atoms with Crippen molar-refractivity contribution in [3.05, 3.63) is 69.2 Å². The van der Waals surface area contributed by atoms with Gasteiger partial charge in [-0.25, -0.2) is 17.6 Å². The lowest BCUT2D eigenvalue weighted by molar-refractivity contribution is 0.435. The van der Waals surface area contributed by atoms with Crippen molar-refractivity contribution in [2.75, 3.05) is 0 Å². The second-order valence-corrected chi connectivity index (χ2v) is 5.18. The van der Waals surface area contributed by atoms with E-state index in [1.54, 1.807) is 0 Å². The quantitative estimate of drug-likeness (QED) is 0.651. The molecule has 6 heteroatoms. The average Bonchev–Trinajstić information content (AvgIpc) is 2.40. The Labute approximate surface area is 121 Å². The van der Waals surface area contributed by atoms with Crippen molar-refractivity contribution in [2.45, 2.75) is 12.5 Å². The number of benzene rings is 2. The highest BCUT2D eigenvalue weighted by atomic mass is 79.9. The lowest BCUT2D eigenvalue weighted by atomic mass is 9.99. The Kier molecular flexibility index (Phi) is 4.45. The zero-order valence-electron chi connectivity index (χ0n) is 10.1. The molecule has 2 aromatic rings. The first-order valence-corrected chi connectivity index (χ1v) is 6.52. The summed E-state index contributed by atoms with van der Waals surface area (Å²) < 4.78 is 52.9. The van der Waals surface area contributed by atoms with Crippen LogP contribution in [0.2, 0.25) is 0 Å². The van der Waals surface area contributed by atoms with Crippen molar-refractivity contribution >= 4 is 15.9 Å². The van der Waals surface area contributed by atoms with Gasteiger partial charge >= 0.3 is 0 Å². The average molecular weight is 348 g/mol. The molecule has 2 rings (SSSR count). The van der Waals surface area contributed by atoms with E-state index in [1.165, 1.54) is 18.2 Å². The van der Waals surface area contributed by atoms with Gasteiger partial charge in [0.2, 0.25) is 0 Å². The highest BCUT2D eigenvalue weighted by Gasteiger charge is 2.18. The second-order valence-electron chi connectivity index (χ2n) is 4.32. The predicted octanol–water partition coefficient (Wildman–Crippen LogP) is 4.25. The van der Waals surface area contributed by atoms with E-state index in [4.69, 9.17) is 5.73 Å². The standard InChI is InChI=1S/C14H10BrF4N/c15-9-5-7(1-3-10(9)16)6-12(20)8-2-4-11(17)14(19)13(8)18/h1-5,12H,6,20H2. The van der Waals surface area contributed by atoms with Gasteiger partial charge in [-0.3, -0.25) is 0 Å². The van der Waals surface area contributed by atoms with E-state index >= 15 is 0 Å². The van der Waals surface area contributed by atoms with Gasteiger partial charge in [0.15, 0.2) is 17.5 Å². The van der Waals surface area contributed by atoms with Gasteiger partial charge in [-0.1, -0.05) is 12.1 Å². The summed E-state index contributed by atoms with van der Waals surface area (Å²) in [6.45, 7) is 0. The molecule has 0 bridgehead atoms. The first-order valence-electron chi connectivity index (χ1n) is 5.73. The molecule has 0 heterocycles. The van der Waals surface area contributed by atoms with E-state index in [9.17, 15) is 17.6 Å². The van der Waals surface area contributed by atoms with Gasteiger partial charge in [0.05, 0.1) is 4.47 Å². The number of halogens is 5. The summed E-state index contributed by atoms with van der Waals surface area (Å²) in [7, 11) is 0. The van der Waals surface area contributed by atoms with Crippen LogP contribution in [0.5, 0.6) is 0 Å². The van der Waals surface area contributed by atoms with Crippen LogP contribution in [0.25, 0.3) is 0 Å². The molecule has 1 nitrogen and oxygen atoms in total. The minimum atomic E-state index is -1.54. The molecule has 0 fully saturated rings. The van der Waals surface area contributed by atoms with Crippen LogP contribution in [-0.4, -0.2) is 0 Å². The van der Waals surface area contributed by atoms with E-state index in [1.807, 2.05) is 0 Å². The molecule has 0 aliphatic heterocycles. The van der Waals surface area contributed by atoms with Crippen molar-refractivity contribution in [1.82, 2.24) is 0 Å². The monoisotopic (exact) mass is 347 g/mol. The largest absolute Gasteiger partial charge is 0.324 e. The SMILES string of the molecule is NC(Cc1ccc(F)c(Br)c1)c1ccc(F)c(F)c1F. The summed E-state index contributed by atoms with van der Waals surface area (Å²) in [5, 5.41) is 0. The lowest BCUT2D eigenvalue weighted by Crippen LogP contribution is -2.16. The van der Waals surface area contributed by atoms with E-state index in [0.717, 1.165) is 12.1 Å². The second kappa shape index (κ2) is 5.93. The number of hydrogen-bond acceptors (Lipinski definition) is 1. The first kappa shape index (κ1) is 15.0. The molecular weight excluding hydrogens is 338 g/mol. The Hall–Kier alpha value is -1.40. The fraction of sp³-hybridized carbons (Fsp3) is 0.143. The highest BCUT2D eigenvalue weighted by molar-refractivity contribution is 9.10. The summed E-state index contributed by atoms with van der Waals surface area (Å²) >= 11 is 3.03. The van der Waals surface area contributed by atoms with Crippen molar-refractivity contribution in [3.63, 3.8) is 0 Å². The number of rotatable bonds is 3. The highest BCUT2D eigenvalue weighted by Crippen LogP contribution is 2.24. The zero-order valence-corrected chi connectivity index (χ0v) is 11.7. The summed E-state index contributed by atoms with van der Waals surface area (Å²) in [6, 6.07) is 5.33. The maximum Gasteiger partial charge on any atom is 0.194 e. The molecule has 0 spiro atoms. The molecule has 1 unspecified atom stereocenters. The third-order valence-electron chi connectivity index (χ3n) is 2.90. The summed E-state index contributed by atoms with van der Waals surface area (Å²) in [6.07, 6.45) is 0.168. The molecule has 2 N–H and O–H groups in total. The molecule has 20 heavy (non-hydrogen) atoms. The van der Waals surface area contributed by atoms with Crippen LogP contribution in [-0.2, 0) is 6.42 Å². The molecular formula is C14H10BrF4N. The van der Waals surface area contributed by atoms with Gasteiger partial charge in [-0.15, -0.1) is 0 Å². The minimum absolute atomic E-state index is 0.121. The molecule has 0 aromatic heterocycles. The lowest BCUT2D eigenvalue weighted by Gasteiger charge is -2.14. The van der Waals surface area contributed by atoms with E-state index in [2.05, 4.69) is 15.9 Å². The fourth-order valence-corrected chi connectivity index (χ4v) is 2.28. The van der Waals surface area contributed by atoms with E-state index in [0.29, 0.717) is 5.56 Å². The third-order valence-corrected chi connectivity index (χ3v) is 3.51. The Balaban J connectivity index is 2.26. The Morgan fingerprint density at radius 3 is 2.25 bits per heavy atom. The summed E-state index contributed by atoms with van der Waals surface area (Å²) in [4.78, 5) is 0. The Bertz CT molecular complexity index is 645. The first-order chi connectivity index (χ1) is 9.40. The molecule has 0 amide bonds. The van der Waals surface area contributed by atoms with Crippen LogP contribution in [0, 0.1) is 23.3 Å². The van der Waals surface area contributed by atoms with Gasteiger partial charge < -0.3 is 5.73 Å².